The number of ketones is 1. The molecule has 0 spiro atoms. The van der Waals surface area contributed by atoms with Crippen molar-refractivity contribution in [2.24, 2.45) is 0 Å². The molecular weight excluding hydrogens is 292 g/mol. The molecule has 1 nitrogen and oxygen atoms in total. The van der Waals surface area contributed by atoms with Gasteiger partial charge in [0.25, 0.3) is 0 Å². The standard InChI is InChI=1S/C23H20O/c24-23(21-4-2-1-3-5-21)22-16-19-10-8-17(9-11-19)6-7-18-12-14-20(22)15-13-18/h1-5,8-15,22H,6-7,16H2. The van der Waals surface area contributed by atoms with E-state index < -0.39 is 0 Å². The van der Waals surface area contributed by atoms with Crippen molar-refractivity contribution in [3.8, 4) is 0 Å². The van der Waals surface area contributed by atoms with Crippen LogP contribution in [-0.4, -0.2) is 5.78 Å². The molecule has 4 aliphatic carbocycles. The first-order valence-corrected chi connectivity index (χ1v) is 8.55. The van der Waals surface area contributed by atoms with Crippen molar-refractivity contribution in [2.45, 2.75) is 25.2 Å². The Hall–Kier alpha value is -2.67. The highest BCUT2D eigenvalue weighted by Crippen LogP contribution is 2.27. The Morgan fingerprint density at radius 2 is 1.21 bits per heavy atom. The molecule has 0 heterocycles. The molecule has 1 heteroatoms. The van der Waals surface area contributed by atoms with Gasteiger partial charge in [0.15, 0.2) is 5.78 Å². The number of carbonyl (C=O) groups excluding carboxylic acids is 1. The average Bonchev–Trinajstić information content (AvgIpc) is 2.64. The van der Waals surface area contributed by atoms with Crippen molar-refractivity contribution < 1.29 is 4.79 Å². The molecule has 0 aliphatic heterocycles. The minimum Gasteiger partial charge on any atom is -0.293 e. The van der Waals surface area contributed by atoms with Crippen LogP contribution in [0.1, 0.15) is 38.5 Å². The Bertz CT molecular complexity index is 829. The Morgan fingerprint density at radius 3 is 1.83 bits per heavy atom. The fourth-order valence-corrected chi connectivity index (χ4v) is 3.45. The molecule has 0 saturated heterocycles. The quantitative estimate of drug-likeness (QED) is 0.609. The minimum atomic E-state index is -0.133. The first kappa shape index (κ1) is 14.9. The first-order chi connectivity index (χ1) is 11.8. The highest BCUT2D eigenvalue weighted by molar-refractivity contribution is 6.01. The summed E-state index contributed by atoms with van der Waals surface area (Å²) >= 11 is 0. The number of hydrogen-bond donors (Lipinski definition) is 0. The monoisotopic (exact) mass is 312 g/mol. The number of carbonyl (C=O) groups is 1. The number of benzene rings is 3. The highest BCUT2D eigenvalue weighted by Gasteiger charge is 2.22. The summed E-state index contributed by atoms with van der Waals surface area (Å²) in [5.74, 6) is 0.0659. The summed E-state index contributed by atoms with van der Waals surface area (Å²) in [6.07, 6.45) is 2.84. The van der Waals surface area contributed by atoms with Crippen molar-refractivity contribution in [1.82, 2.24) is 0 Å². The molecule has 3 aromatic rings. The molecule has 0 aromatic heterocycles. The Labute approximate surface area is 143 Å². The summed E-state index contributed by atoms with van der Waals surface area (Å²) in [5, 5.41) is 0. The van der Waals surface area contributed by atoms with Crippen LogP contribution in [0.25, 0.3) is 0 Å². The molecule has 118 valence electrons. The summed E-state index contributed by atoms with van der Waals surface area (Å²) in [6.45, 7) is 0. The molecule has 0 amide bonds. The second-order valence-electron chi connectivity index (χ2n) is 6.55. The van der Waals surface area contributed by atoms with Crippen LogP contribution >= 0.6 is 0 Å². The molecular formula is C23H20O. The summed E-state index contributed by atoms with van der Waals surface area (Å²) < 4.78 is 0. The maximum Gasteiger partial charge on any atom is 0.170 e. The van der Waals surface area contributed by atoms with E-state index in [-0.39, 0.29) is 11.7 Å². The summed E-state index contributed by atoms with van der Waals surface area (Å²) in [7, 11) is 0. The SMILES string of the molecule is O=C(c1ccccc1)C1Cc2ccc(cc2)CCc2ccc1cc2. The van der Waals surface area contributed by atoms with Gasteiger partial charge in [0.1, 0.15) is 0 Å². The van der Waals surface area contributed by atoms with Gasteiger partial charge in [-0.25, -0.2) is 0 Å². The van der Waals surface area contributed by atoms with Gasteiger partial charge in [-0.3, -0.25) is 4.79 Å². The second kappa shape index (κ2) is 6.45. The van der Waals surface area contributed by atoms with Gasteiger partial charge >= 0.3 is 0 Å². The van der Waals surface area contributed by atoms with Gasteiger partial charge in [-0.15, -0.1) is 0 Å². The van der Waals surface area contributed by atoms with Crippen LogP contribution in [0.5, 0.6) is 0 Å². The van der Waals surface area contributed by atoms with Crippen LogP contribution in [0.2, 0.25) is 0 Å². The van der Waals surface area contributed by atoms with Gasteiger partial charge in [-0.2, -0.15) is 0 Å². The van der Waals surface area contributed by atoms with Crippen molar-refractivity contribution in [3.63, 3.8) is 0 Å². The molecule has 1 atom stereocenters. The molecule has 0 radical (unpaired) electrons. The van der Waals surface area contributed by atoms with Crippen molar-refractivity contribution >= 4 is 5.78 Å². The number of aryl methyl sites for hydroxylation is 2. The lowest BCUT2D eigenvalue weighted by Crippen LogP contribution is -2.16. The van der Waals surface area contributed by atoms with Crippen LogP contribution < -0.4 is 0 Å². The lowest BCUT2D eigenvalue weighted by Gasteiger charge is -2.18. The fourth-order valence-electron chi connectivity index (χ4n) is 3.45. The van der Waals surface area contributed by atoms with Crippen LogP contribution in [0.15, 0.2) is 78.9 Å². The number of hydrogen-bond acceptors (Lipinski definition) is 1. The van der Waals surface area contributed by atoms with E-state index in [1.54, 1.807) is 0 Å². The number of Topliss-reactive ketones (excluding diaryl/α,β-unsaturated/α-hetero) is 1. The highest BCUT2D eigenvalue weighted by atomic mass is 16.1. The van der Waals surface area contributed by atoms with E-state index in [9.17, 15) is 4.79 Å². The molecule has 1 unspecified atom stereocenters. The van der Waals surface area contributed by atoms with Gasteiger partial charge in [-0.1, -0.05) is 78.9 Å². The van der Waals surface area contributed by atoms with E-state index in [0.717, 1.165) is 30.4 Å². The maximum atomic E-state index is 13.1. The predicted molar refractivity (Wildman–Crippen MR) is 97.5 cm³/mol. The molecule has 24 heavy (non-hydrogen) atoms. The zero-order valence-electron chi connectivity index (χ0n) is 13.6. The lowest BCUT2D eigenvalue weighted by molar-refractivity contribution is 0.0959. The average molecular weight is 312 g/mol. The topological polar surface area (TPSA) is 17.1 Å². The third-order valence-electron chi connectivity index (χ3n) is 4.92. The first-order valence-electron chi connectivity index (χ1n) is 8.55. The zero-order chi connectivity index (χ0) is 16.4. The normalized spacial score (nSPS) is 16.4. The second-order valence-corrected chi connectivity index (χ2v) is 6.55. The van der Waals surface area contributed by atoms with E-state index in [2.05, 4.69) is 48.5 Å². The van der Waals surface area contributed by atoms with Crippen molar-refractivity contribution in [2.75, 3.05) is 0 Å². The molecule has 7 rings (SSSR count). The third-order valence-corrected chi connectivity index (χ3v) is 4.92. The smallest absolute Gasteiger partial charge is 0.170 e. The van der Waals surface area contributed by atoms with Crippen molar-refractivity contribution in [3.05, 3.63) is 107 Å². The van der Waals surface area contributed by atoms with Crippen molar-refractivity contribution in [1.29, 1.82) is 0 Å². The molecule has 4 bridgehead atoms. The Kier molecular flexibility index (Phi) is 4.00. The van der Waals surface area contributed by atoms with Gasteiger partial charge in [0.2, 0.25) is 0 Å². The molecule has 0 saturated carbocycles. The number of rotatable bonds is 2. The zero-order valence-corrected chi connectivity index (χ0v) is 13.6. The third kappa shape index (κ3) is 3.03. The Balaban J connectivity index is 1.77. The van der Waals surface area contributed by atoms with Crippen LogP contribution in [0, 0.1) is 0 Å². The van der Waals surface area contributed by atoms with Crippen LogP contribution in [-0.2, 0) is 19.3 Å². The molecule has 3 aromatic carbocycles. The predicted octanol–water partition coefficient (Wildman–Crippen LogP) is 4.99. The minimum absolute atomic E-state index is 0.133. The van der Waals surface area contributed by atoms with Gasteiger partial charge < -0.3 is 0 Å². The van der Waals surface area contributed by atoms with Gasteiger partial charge in [0.05, 0.1) is 5.92 Å². The van der Waals surface area contributed by atoms with Crippen LogP contribution in [0.3, 0.4) is 0 Å². The fraction of sp³-hybridized carbons (Fsp3) is 0.174. The largest absolute Gasteiger partial charge is 0.293 e. The summed E-state index contributed by atoms with van der Waals surface area (Å²) in [4.78, 5) is 13.1. The molecule has 4 aliphatic rings. The lowest BCUT2D eigenvalue weighted by atomic mass is 9.84. The van der Waals surface area contributed by atoms with Crippen LogP contribution in [0.4, 0.5) is 0 Å². The van der Waals surface area contributed by atoms with E-state index in [1.807, 2.05) is 30.3 Å². The summed E-state index contributed by atoms with van der Waals surface area (Å²) in [5.41, 5.74) is 5.80. The van der Waals surface area contributed by atoms with Gasteiger partial charge in [0, 0.05) is 5.56 Å². The van der Waals surface area contributed by atoms with E-state index in [1.165, 1.54) is 16.7 Å². The van der Waals surface area contributed by atoms with E-state index >= 15 is 0 Å². The molecule has 0 N–H and O–H groups in total. The summed E-state index contributed by atoms with van der Waals surface area (Å²) in [6, 6.07) is 27.0. The van der Waals surface area contributed by atoms with E-state index in [0.29, 0.717) is 0 Å². The Morgan fingerprint density at radius 1 is 0.667 bits per heavy atom. The van der Waals surface area contributed by atoms with E-state index in [4.69, 9.17) is 0 Å². The van der Waals surface area contributed by atoms with Gasteiger partial charge in [-0.05, 0) is 41.5 Å². The molecule has 0 fully saturated rings. The maximum absolute atomic E-state index is 13.1.